The Morgan fingerprint density at radius 2 is 1.44 bits per heavy atom. The molecule has 0 unspecified atom stereocenters. The number of hydrogen-bond donors (Lipinski definition) is 0. The maximum Gasteiger partial charge on any atom is 0.320 e. The van der Waals surface area contributed by atoms with Gasteiger partial charge in [0, 0.05) is 64.6 Å². The predicted octanol–water partition coefficient (Wildman–Crippen LogP) is 0.963. The van der Waals surface area contributed by atoms with Gasteiger partial charge in [-0.3, -0.25) is 4.79 Å². The lowest BCUT2D eigenvalue weighted by Crippen LogP contribution is -2.54. The fraction of sp³-hybridized carbons (Fsp3) is 0.556. The molecule has 0 bridgehead atoms. The largest absolute Gasteiger partial charge is 0.378 e. The van der Waals surface area contributed by atoms with Gasteiger partial charge in [0.15, 0.2) is 0 Å². The molecule has 1 aromatic rings. The van der Waals surface area contributed by atoms with Gasteiger partial charge < -0.3 is 24.3 Å². The Morgan fingerprint density at radius 3 is 2.00 bits per heavy atom. The lowest BCUT2D eigenvalue weighted by Gasteiger charge is -2.39. The second-order valence-corrected chi connectivity index (χ2v) is 6.60. The Hall–Kier alpha value is -2.28. The molecule has 2 fully saturated rings. The molecule has 1 aromatic carbocycles. The van der Waals surface area contributed by atoms with Gasteiger partial charge in [-0.2, -0.15) is 0 Å². The van der Waals surface area contributed by atoms with Gasteiger partial charge in [0.2, 0.25) is 0 Å². The maximum atomic E-state index is 12.5. The molecule has 0 aromatic heterocycles. The van der Waals surface area contributed by atoms with E-state index in [1.807, 2.05) is 34.1 Å². The van der Waals surface area contributed by atoms with Gasteiger partial charge in [-0.1, -0.05) is 0 Å². The number of anilines is 1. The molecule has 136 valence electrons. The monoisotopic (exact) mass is 346 g/mol. The molecule has 2 aliphatic rings. The smallest absolute Gasteiger partial charge is 0.320 e. The fourth-order valence-electron chi connectivity index (χ4n) is 3.18. The highest BCUT2D eigenvalue weighted by molar-refractivity contribution is 5.94. The van der Waals surface area contributed by atoms with Crippen LogP contribution in [0.25, 0.3) is 0 Å². The second-order valence-electron chi connectivity index (χ2n) is 6.60. The molecule has 2 heterocycles. The number of rotatable bonds is 2. The summed E-state index contributed by atoms with van der Waals surface area (Å²) in [6, 6.07) is 7.81. The van der Waals surface area contributed by atoms with Gasteiger partial charge >= 0.3 is 6.03 Å². The van der Waals surface area contributed by atoms with Crippen LogP contribution in [-0.4, -0.2) is 93.2 Å². The zero-order chi connectivity index (χ0) is 17.8. The third-order valence-corrected chi connectivity index (χ3v) is 4.72. The molecule has 0 spiro atoms. The van der Waals surface area contributed by atoms with Crippen molar-refractivity contribution < 1.29 is 14.3 Å². The number of carbonyl (C=O) groups is 2. The first-order chi connectivity index (χ1) is 12.1. The molecule has 2 saturated heterocycles. The van der Waals surface area contributed by atoms with Crippen molar-refractivity contribution in [2.24, 2.45) is 0 Å². The third kappa shape index (κ3) is 4.04. The zero-order valence-electron chi connectivity index (χ0n) is 15.0. The minimum atomic E-state index is 0.00692. The van der Waals surface area contributed by atoms with E-state index in [-0.39, 0.29) is 11.9 Å². The molecular formula is C18H26N4O3. The SMILES string of the molecule is CN(C)C(=O)c1ccc(N2CCN(C(=O)N3CCOCC3)CC2)cc1. The molecule has 0 atom stereocenters. The van der Waals surface area contributed by atoms with E-state index >= 15 is 0 Å². The third-order valence-electron chi connectivity index (χ3n) is 4.72. The highest BCUT2D eigenvalue weighted by atomic mass is 16.5. The summed E-state index contributed by atoms with van der Waals surface area (Å²) in [5.41, 5.74) is 1.78. The summed E-state index contributed by atoms with van der Waals surface area (Å²) in [6.07, 6.45) is 0. The average Bonchev–Trinajstić information content (AvgIpc) is 2.67. The number of morpholine rings is 1. The van der Waals surface area contributed by atoms with Crippen LogP contribution in [0.1, 0.15) is 10.4 Å². The number of carbonyl (C=O) groups excluding carboxylic acids is 2. The van der Waals surface area contributed by atoms with E-state index in [4.69, 9.17) is 4.74 Å². The molecule has 25 heavy (non-hydrogen) atoms. The van der Waals surface area contributed by atoms with Crippen molar-refractivity contribution in [3.05, 3.63) is 29.8 Å². The highest BCUT2D eigenvalue weighted by Gasteiger charge is 2.26. The summed E-state index contributed by atoms with van der Waals surface area (Å²) in [5.74, 6) is 0.00692. The van der Waals surface area contributed by atoms with E-state index in [0.717, 1.165) is 18.8 Å². The van der Waals surface area contributed by atoms with Crippen LogP contribution < -0.4 is 4.90 Å². The Labute approximate surface area is 148 Å². The average molecular weight is 346 g/mol. The minimum Gasteiger partial charge on any atom is -0.378 e. The summed E-state index contributed by atoms with van der Waals surface area (Å²) in [6.45, 7) is 5.66. The number of piperazine rings is 1. The van der Waals surface area contributed by atoms with E-state index < -0.39 is 0 Å². The van der Waals surface area contributed by atoms with Crippen molar-refractivity contribution in [1.29, 1.82) is 0 Å². The first kappa shape index (κ1) is 17.5. The van der Waals surface area contributed by atoms with Gasteiger partial charge in [-0.25, -0.2) is 4.79 Å². The van der Waals surface area contributed by atoms with E-state index in [1.54, 1.807) is 19.0 Å². The van der Waals surface area contributed by atoms with E-state index in [9.17, 15) is 9.59 Å². The second kappa shape index (κ2) is 7.74. The molecular weight excluding hydrogens is 320 g/mol. The molecule has 7 nitrogen and oxygen atoms in total. The number of benzene rings is 1. The Bertz CT molecular complexity index is 603. The van der Waals surface area contributed by atoms with Crippen molar-refractivity contribution in [3.8, 4) is 0 Å². The van der Waals surface area contributed by atoms with Crippen LogP contribution in [0.2, 0.25) is 0 Å². The number of nitrogens with zero attached hydrogens (tertiary/aromatic N) is 4. The van der Waals surface area contributed by atoms with Gasteiger partial charge in [0.1, 0.15) is 0 Å². The normalized spacial score (nSPS) is 18.2. The lowest BCUT2D eigenvalue weighted by molar-refractivity contribution is 0.0428. The predicted molar refractivity (Wildman–Crippen MR) is 96.0 cm³/mol. The summed E-state index contributed by atoms with van der Waals surface area (Å²) in [4.78, 5) is 32.1. The highest BCUT2D eigenvalue weighted by Crippen LogP contribution is 2.18. The maximum absolute atomic E-state index is 12.5. The summed E-state index contributed by atoms with van der Waals surface area (Å²) >= 11 is 0. The number of amides is 3. The fourth-order valence-corrected chi connectivity index (χ4v) is 3.18. The van der Waals surface area contributed by atoms with Gasteiger partial charge in [0.05, 0.1) is 13.2 Å². The van der Waals surface area contributed by atoms with Gasteiger partial charge in [0.25, 0.3) is 5.91 Å². The van der Waals surface area contributed by atoms with E-state index in [2.05, 4.69) is 4.90 Å². The van der Waals surface area contributed by atoms with Crippen molar-refractivity contribution in [1.82, 2.24) is 14.7 Å². The molecule has 0 N–H and O–H groups in total. The van der Waals surface area contributed by atoms with Gasteiger partial charge in [-0.15, -0.1) is 0 Å². The van der Waals surface area contributed by atoms with Crippen molar-refractivity contribution in [3.63, 3.8) is 0 Å². The summed E-state index contributed by atoms with van der Waals surface area (Å²) < 4.78 is 5.31. The molecule has 0 saturated carbocycles. The Kier molecular flexibility index (Phi) is 5.43. The van der Waals surface area contributed by atoms with Crippen LogP contribution in [0.15, 0.2) is 24.3 Å². The van der Waals surface area contributed by atoms with Crippen LogP contribution in [0.4, 0.5) is 10.5 Å². The van der Waals surface area contributed by atoms with Crippen LogP contribution in [-0.2, 0) is 4.74 Å². The van der Waals surface area contributed by atoms with Crippen molar-refractivity contribution in [2.75, 3.05) is 71.5 Å². The molecule has 3 rings (SSSR count). The summed E-state index contributed by atoms with van der Waals surface area (Å²) in [5, 5.41) is 0. The first-order valence-corrected chi connectivity index (χ1v) is 8.74. The molecule has 0 aliphatic carbocycles. The standard InChI is InChI=1S/C18H26N4O3/c1-19(2)17(23)15-3-5-16(6-4-15)20-7-9-21(10-8-20)18(24)22-11-13-25-14-12-22/h3-6H,7-14H2,1-2H3. The summed E-state index contributed by atoms with van der Waals surface area (Å²) in [7, 11) is 3.50. The van der Waals surface area contributed by atoms with Crippen molar-refractivity contribution >= 4 is 17.6 Å². The van der Waals surface area contributed by atoms with Crippen LogP contribution in [0.3, 0.4) is 0 Å². The van der Waals surface area contributed by atoms with Crippen LogP contribution in [0, 0.1) is 0 Å². The van der Waals surface area contributed by atoms with Crippen LogP contribution >= 0.6 is 0 Å². The number of urea groups is 1. The Morgan fingerprint density at radius 1 is 0.880 bits per heavy atom. The lowest BCUT2D eigenvalue weighted by atomic mass is 10.1. The van der Waals surface area contributed by atoms with Crippen molar-refractivity contribution in [2.45, 2.75) is 0 Å². The molecule has 2 aliphatic heterocycles. The number of ether oxygens (including phenoxy) is 1. The molecule has 3 amide bonds. The quantitative estimate of drug-likeness (QED) is 0.801. The Balaban J connectivity index is 1.55. The van der Waals surface area contributed by atoms with Gasteiger partial charge in [-0.05, 0) is 24.3 Å². The molecule has 0 radical (unpaired) electrons. The van der Waals surface area contributed by atoms with E-state index in [1.165, 1.54) is 0 Å². The topological polar surface area (TPSA) is 56.3 Å². The van der Waals surface area contributed by atoms with E-state index in [0.29, 0.717) is 45.0 Å². The first-order valence-electron chi connectivity index (χ1n) is 8.74. The minimum absolute atomic E-state index is 0.00692. The molecule has 7 heteroatoms. The van der Waals surface area contributed by atoms with Crippen LogP contribution in [0.5, 0.6) is 0 Å². The zero-order valence-corrected chi connectivity index (χ0v) is 15.0. The number of hydrogen-bond acceptors (Lipinski definition) is 4.